The number of imidazole rings is 4. The number of hydrogen-bond acceptors (Lipinski definition) is 21. The topological polar surface area (TPSA) is 346 Å². The summed E-state index contributed by atoms with van der Waals surface area (Å²) in [4.78, 5) is 65.9. The first-order valence-electron chi connectivity index (χ1n) is 48.0. The third-order valence-corrected chi connectivity index (χ3v) is 24.8. The Balaban J connectivity index is 0.000000166. The molecule has 0 fully saturated rings. The molecule has 0 radical (unpaired) electrons. The molecule has 0 aliphatic heterocycles. The maximum absolute atomic E-state index is 12.4. The van der Waals surface area contributed by atoms with E-state index in [9.17, 15) is 14.9 Å². The van der Waals surface area contributed by atoms with E-state index in [0.717, 1.165) is 242 Å². The number of furan rings is 1. The largest absolute Gasteiger partial charge is 0.494 e. The van der Waals surface area contributed by atoms with Crippen molar-refractivity contribution in [2.75, 3.05) is 110 Å². The van der Waals surface area contributed by atoms with E-state index in [0.29, 0.717) is 62.2 Å². The van der Waals surface area contributed by atoms with Crippen LogP contribution in [0.4, 0.5) is 22.7 Å². The Morgan fingerprint density at radius 2 is 0.763 bits per heavy atom. The number of aromatic nitrogens is 8. The maximum atomic E-state index is 12.4. The number of likely N-dealkylation sites (N-methyl/N-ethyl adjacent to an activating group) is 4. The Morgan fingerprint density at radius 3 is 1.08 bits per heavy atom. The van der Waals surface area contributed by atoms with E-state index in [1.807, 2.05) is 159 Å². The van der Waals surface area contributed by atoms with Gasteiger partial charge in [-0.3, -0.25) is 10.1 Å². The van der Waals surface area contributed by atoms with Gasteiger partial charge < -0.3 is 83.8 Å². The second-order valence-electron chi connectivity index (χ2n) is 32.7. The average Bonchev–Trinajstić information content (AvgIpc) is 1.66. The average molecular weight is 1920 g/mol. The third kappa shape index (κ3) is 29.9. The van der Waals surface area contributed by atoms with Crippen LogP contribution in [0, 0.1) is 10.1 Å². The summed E-state index contributed by atoms with van der Waals surface area (Å²) < 4.78 is 36.7. The zero-order valence-corrected chi connectivity index (χ0v) is 83.6. The minimum Gasteiger partial charge on any atom is -0.494 e. The van der Waals surface area contributed by atoms with Gasteiger partial charge in [0.15, 0.2) is 10.1 Å². The molecule has 0 aliphatic rings. The predicted octanol–water partition coefficient (Wildman–Crippen LogP) is 19.1. The number of carbonyl (C=O) groups is 1. The number of thiophene rings is 1. The monoisotopic (exact) mass is 1920 g/mol. The number of fused-ring (bicyclic) bond motifs is 4. The lowest BCUT2D eigenvalue weighted by molar-refractivity contribution is -0.525. The quantitative estimate of drug-likeness (QED) is 0.00679. The van der Waals surface area contributed by atoms with Gasteiger partial charge in [0.1, 0.15) is 64.2 Å². The molecule has 730 valence electrons. The minimum atomic E-state index is -0.742. The molecule has 0 aliphatic carbocycles. The molecule has 6 aromatic heterocycles. The van der Waals surface area contributed by atoms with E-state index in [4.69, 9.17) is 72.7 Å². The zero-order valence-electron chi connectivity index (χ0n) is 82.0. The molecule has 1 amide bonds. The Morgan fingerprint density at radius 1 is 0.424 bits per heavy atom. The zero-order chi connectivity index (χ0) is 98.5. The molecule has 0 bridgehead atoms. The summed E-state index contributed by atoms with van der Waals surface area (Å²) in [5.41, 5.74) is 37.5. The van der Waals surface area contributed by atoms with Crippen LogP contribution in [0.25, 0.3) is 44.1 Å². The van der Waals surface area contributed by atoms with Crippen LogP contribution in [0.3, 0.4) is 0 Å². The van der Waals surface area contributed by atoms with E-state index in [1.54, 1.807) is 54.2 Å². The van der Waals surface area contributed by atoms with Gasteiger partial charge in [-0.2, -0.15) is 11.3 Å². The molecule has 0 spiro atoms. The molecule has 139 heavy (non-hydrogen) atoms. The number of carbonyl (C=O) groups excluding carboxylic acids is 1. The maximum Gasteiger partial charge on any atom is 0.257 e. The Bertz CT molecular complexity index is 6290. The number of aliphatic imine (C=N–C) groups is 3. The van der Waals surface area contributed by atoms with Gasteiger partial charge in [-0.1, -0.05) is 128 Å². The number of anilines is 1. The standard InChI is InChI=1S/C30H35N5O2S.C27H33N5O2.C27H33N5OS.C23H31N7O3/c1-4-34(5-2)18-19-35-27-17-14-24(31-30(38)33-29(36)23-10-8-7-9-11-23)21-26(27)32-28(35)20-22-12-15-25(16-13-22)37-6-3;1-4-31(5-2)14-15-32-25-12-9-22(29-27(28)21-13-16-33-19-21)18-24(25)30-26(32)17-20-7-10-23(11-8-20)34-6-3;1-4-31(5-2)14-15-32-25-12-9-22(29-27(28)21-13-16-34-19-21)18-24(25)30-26(32)17-20-7-10-23(11-8-20)33-6-3;1-4-28(5-2)13-14-29-21-12-9-18(25-23(24)27-30(31)32)16-20(21)26-22(29)15-17-7-10-19(11-8-17)33-6-3/h7-17,21H,4-6,18-20H2,1-3H3,(H2,31,33,36,38);2*7-13,16,18-19H,4-6,14-15,17H2,1-3H3,(H2,28,29);7-12,16H,4-6,13-15H2,1-3H3,(H3,24,25,27). The van der Waals surface area contributed by atoms with Crippen LogP contribution in [0.5, 0.6) is 23.0 Å². The van der Waals surface area contributed by atoms with Crippen LogP contribution in [0.2, 0.25) is 0 Å². The summed E-state index contributed by atoms with van der Waals surface area (Å²) in [7, 11) is 0. The van der Waals surface area contributed by atoms with Crippen molar-refractivity contribution in [3.05, 3.63) is 308 Å². The van der Waals surface area contributed by atoms with Gasteiger partial charge in [0.2, 0.25) is 0 Å². The van der Waals surface area contributed by atoms with E-state index in [-0.39, 0.29) is 17.0 Å². The minimum absolute atomic E-state index is 0.244. The first-order chi connectivity index (χ1) is 67.6. The normalized spacial score (nSPS) is 11.7. The van der Waals surface area contributed by atoms with Gasteiger partial charge >= 0.3 is 0 Å². The number of ether oxygens (including phenoxy) is 4. The van der Waals surface area contributed by atoms with Crippen LogP contribution in [-0.2, 0) is 51.9 Å². The molecular formula is C107H132N22O8S2. The summed E-state index contributed by atoms with van der Waals surface area (Å²) >= 11 is 7.01. The number of nitrogens with two attached hydrogens (primary N) is 3. The van der Waals surface area contributed by atoms with Crippen molar-refractivity contribution >= 4 is 119 Å². The number of nitrogens with one attached hydrogen (secondary N) is 3. The fourth-order valence-electron chi connectivity index (χ4n) is 16.3. The first-order valence-corrected chi connectivity index (χ1v) is 49.4. The number of nitro groups is 1. The van der Waals surface area contributed by atoms with Crippen molar-refractivity contribution in [3.63, 3.8) is 0 Å². The van der Waals surface area contributed by atoms with Crippen LogP contribution in [0.15, 0.2) is 255 Å². The highest BCUT2D eigenvalue weighted by Gasteiger charge is 2.21. The molecule has 6 heterocycles. The lowest BCUT2D eigenvalue weighted by Crippen LogP contribution is -2.35. The predicted molar refractivity (Wildman–Crippen MR) is 567 cm³/mol. The van der Waals surface area contributed by atoms with Gasteiger partial charge in [0, 0.05) is 100 Å². The van der Waals surface area contributed by atoms with Crippen molar-refractivity contribution < 1.29 is 33.2 Å². The number of benzene rings is 9. The summed E-state index contributed by atoms with van der Waals surface area (Å²) in [6, 6.07) is 69.4. The fraction of sp³-hybridized carbons (Fsp3) is 0.336. The molecule has 15 aromatic rings. The summed E-state index contributed by atoms with van der Waals surface area (Å²) in [5.74, 6) is 7.96. The van der Waals surface area contributed by atoms with Crippen LogP contribution in [0.1, 0.15) is 150 Å². The van der Waals surface area contributed by atoms with Gasteiger partial charge in [0.05, 0.1) is 99.4 Å². The molecule has 0 unspecified atom stereocenters. The highest BCUT2D eigenvalue weighted by atomic mass is 32.1. The number of nitrogens with zero attached hydrogens (tertiary/aromatic N) is 16. The van der Waals surface area contributed by atoms with Crippen molar-refractivity contribution in [1.82, 2.24) is 68.5 Å². The highest BCUT2D eigenvalue weighted by molar-refractivity contribution is 7.80. The molecule has 9 N–H and O–H groups in total. The molecule has 0 saturated heterocycles. The molecule has 9 aromatic carbocycles. The summed E-state index contributed by atoms with van der Waals surface area (Å²) in [6.45, 7) is 43.4. The van der Waals surface area contributed by atoms with Crippen molar-refractivity contribution in [1.29, 1.82) is 0 Å². The Labute approximate surface area is 824 Å². The summed E-state index contributed by atoms with van der Waals surface area (Å²) in [6.07, 6.45) is 6.07. The number of amidine groups is 2. The fourth-order valence-corrected chi connectivity index (χ4v) is 17.1. The van der Waals surface area contributed by atoms with Crippen molar-refractivity contribution in [3.8, 4) is 23.0 Å². The number of thiocarbonyl (C=S) groups is 1. The molecule has 0 saturated carbocycles. The van der Waals surface area contributed by atoms with Crippen molar-refractivity contribution in [2.45, 2.75) is 135 Å². The molecule has 0 atom stereocenters. The number of amides is 1. The van der Waals surface area contributed by atoms with Crippen LogP contribution >= 0.6 is 23.6 Å². The number of hydrazine groups is 1. The Hall–Kier alpha value is -14.2. The second-order valence-corrected chi connectivity index (χ2v) is 33.9. The van der Waals surface area contributed by atoms with Crippen molar-refractivity contribution in [2.24, 2.45) is 32.2 Å². The van der Waals surface area contributed by atoms with Gasteiger partial charge in [0.25, 0.3) is 11.9 Å². The molecule has 30 nitrogen and oxygen atoms in total. The van der Waals surface area contributed by atoms with Gasteiger partial charge in [-0.05, 0) is 265 Å². The Kier molecular flexibility index (Phi) is 39.5. The lowest BCUT2D eigenvalue weighted by Gasteiger charge is -2.19. The van der Waals surface area contributed by atoms with E-state index in [2.05, 4.69) is 186 Å². The number of hydrogen-bond donors (Lipinski definition) is 6. The SMILES string of the molecule is CCOc1ccc(Cc2nc3cc(N=C(N)N[N+](=O)[O-])ccc3n2CCN(CC)CC)cc1.CCOc1ccc(Cc2nc3cc(N=C(N)c4ccoc4)ccc3n2CCN(CC)CC)cc1.CCOc1ccc(Cc2nc3cc(N=C(N)c4ccsc4)ccc3n2CCN(CC)CC)cc1.CCOc1ccc(Cc2nc3cc(NC(=S)NC(=O)c4ccccc4)ccc3n2CCN(CC)CC)cc1. The van der Waals surface area contributed by atoms with Gasteiger partial charge in [-0.15, -0.1) is 0 Å². The van der Waals surface area contributed by atoms with Crippen LogP contribution in [-0.4, -0.2) is 196 Å². The molecule has 32 heteroatoms. The molecule has 15 rings (SSSR count). The summed E-state index contributed by atoms with van der Waals surface area (Å²) in [5, 5.41) is 20.0. The third-order valence-electron chi connectivity index (χ3n) is 23.9. The first kappa shape index (κ1) is 104. The number of guanidine groups is 1. The van der Waals surface area contributed by atoms with Gasteiger partial charge in [-0.25, -0.2) is 45.0 Å². The lowest BCUT2D eigenvalue weighted by atomic mass is 10.1. The number of rotatable bonds is 44. The second kappa shape index (κ2) is 53.0. The van der Waals surface area contributed by atoms with E-state index >= 15 is 0 Å². The van der Waals surface area contributed by atoms with E-state index in [1.165, 1.54) is 16.7 Å². The van der Waals surface area contributed by atoms with Crippen LogP contribution < -0.4 is 52.2 Å². The molecular weight excluding hydrogens is 1790 g/mol. The highest BCUT2D eigenvalue weighted by Crippen LogP contribution is 2.32. The van der Waals surface area contributed by atoms with E-state index < -0.39 is 5.03 Å². The smallest absolute Gasteiger partial charge is 0.257 e.